The van der Waals surface area contributed by atoms with Crippen LogP contribution in [0.25, 0.3) is 11.3 Å². The molecule has 0 aliphatic carbocycles. The van der Waals surface area contributed by atoms with Crippen molar-refractivity contribution in [2.75, 3.05) is 0 Å². The quantitative estimate of drug-likeness (QED) is 0.881. The minimum Gasteiger partial charge on any atom is -0.439 e. The van der Waals surface area contributed by atoms with Crippen molar-refractivity contribution in [1.29, 1.82) is 0 Å². The molecule has 1 aromatic carbocycles. The van der Waals surface area contributed by atoms with E-state index in [1.165, 1.54) is 0 Å². The van der Waals surface area contributed by atoms with E-state index in [0.717, 1.165) is 5.56 Å². The Morgan fingerprint density at radius 1 is 1.27 bits per heavy atom. The minimum atomic E-state index is 0.279. The highest BCUT2D eigenvalue weighted by Gasteiger charge is 2.07. The SMILES string of the molecule is NCc1ncc(-c2ccc(Cl)c(Cl)c2)o1. The maximum atomic E-state index is 5.89. The van der Waals surface area contributed by atoms with Gasteiger partial charge in [0.05, 0.1) is 22.8 Å². The topological polar surface area (TPSA) is 52.0 Å². The molecule has 3 nitrogen and oxygen atoms in total. The van der Waals surface area contributed by atoms with E-state index in [4.69, 9.17) is 33.4 Å². The van der Waals surface area contributed by atoms with Gasteiger partial charge in [0.25, 0.3) is 0 Å². The number of halogens is 2. The van der Waals surface area contributed by atoms with E-state index >= 15 is 0 Å². The molecule has 0 radical (unpaired) electrons. The lowest BCUT2D eigenvalue weighted by Gasteiger charge is -1.98. The van der Waals surface area contributed by atoms with E-state index in [1.54, 1.807) is 18.3 Å². The highest BCUT2D eigenvalue weighted by atomic mass is 35.5. The Bertz CT molecular complexity index is 482. The molecule has 0 amide bonds. The van der Waals surface area contributed by atoms with Crippen molar-refractivity contribution in [2.45, 2.75) is 6.54 Å². The van der Waals surface area contributed by atoms with Crippen LogP contribution >= 0.6 is 23.2 Å². The summed E-state index contributed by atoms with van der Waals surface area (Å²) in [5, 5.41) is 0.999. The molecule has 5 heteroatoms. The average Bonchev–Trinajstić information content (AvgIpc) is 2.70. The Balaban J connectivity index is 2.40. The number of hydrogen-bond acceptors (Lipinski definition) is 3. The van der Waals surface area contributed by atoms with E-state index in [9.17, 15) is 0 Å². The summed E-state index contributed by atoms with van der Waals surface area (Å²) in [7, 11) is 0. The summed E-state index contributed by atoms with van der Waals surface area (Å²) < 4.78 is 5.38. The van der Waals surface area contributed by atoms with Crippen LogP contribution in [0.5, 0.6) is 0 Å². The van der Waals surface area contributed by atoms with Crippen molar-refractivity contribution in [2.24, 2.45) is 5.73 Å². The molecule has 78 valence electrons. The molecule has 1 aromatic heterocycles. The molecule has 0 atom stereocenters. The zero-order chi connectivity index (χ0) is 10.8. The zero-order valence-corrected chi connectivity index (χ0v) is 9.22. The second kappa shape index (κ2) is 4.23. The summed E-state index contributed by atoms with van der Waals surface area (Å²) in [5.41, 5.74) is 6.22. The van der Waals surface area contributed by atoms with Crippen LogP contribution in [-0.4, -0.2) is 4.98 Å². The summed E-state index contributed by atoms with van der Waals surface area (Å²) in [6, 6.07) is 5.25. The number of oxazole rings is 1. The van der Waals surface area contributed by atoms with Gasteiger partial charge in [-0.3, -0.25) is 0 Å². The smallest absolute Gasteiger partial charge is 0.208 e. The summed E-state index contributed by atoms with van der Waals surface area (Å²) in [5.74, 6) is 1.13. The van der Waals surface area contributed by atoms with Crippen LogP contribution in [-0.2, 0) is 6.54 Å². The molecule has 0 saturated heterocycles. The Hall–Kier alpha value is -1.03. The zero-order valence-electron chi connectivity index (χ0n) is 7.71. The van der Waals surface area contributed by atoms with Crippen molar-refractivity contribution in [3.05, 3.63) is 40.3 Å². The van der Waals surface area contributed by atoms with Gasteiger partial charge in [0.15, 0.2) is 5.76 Å². The Kier molecular flexibility index (Phi) is 2.95. The first-order valence-electron chi connectivity index (χ1n) is 4.31. The van der Waals surface area contributed by atoms with Crippen LogP contribution in [0.4, 0.5) is 0 Å². The highest BCUT2D eigenvalue weighted by Crippen LogP contribution is 2.28. The molecule has 0 spiro atoms. The van der Waals surface area contributed by atoms with Gasteiger partial charge in [-0.1, -0.05) is 23.2 Å². The van der Waals surface area contributed by atoms with Crippen LogP contribution in [0.1, 0.15) is 5.89 Å². The van der Waals surface area contributed by atoms with Gasteiger partial charge in [0.2, 0.25) is 5.89 Å². The average molecular weight is 243 g/mol. The number of nitrogens with two attached hydrogens (primary N) is 1. The van der Waals surface area contributed by atoms with Crippen molar-refractivity contribution in [3.63, 3.8) is 0 Å². The predicted molar refractivity (Wildman–Crippen MR) is 59.9 cm³/mol. The van der Waals surface area contributed by atoms with Crippen LogP contribution in [0, 0.1) is 0 Å². The van der Waals surface area contributed by atoms with Crippen LogP contribution in [0.2, 0.25) is 10.0 Å². The number of benzene rings is 1. The largest absolute Gasteiger partial charge is 0.439 e. The third-order valence-corrected chi connectivity index (χ3v) is 2.67. The molecular formula is C10H8Cl2N2O. The second-order valence-corrected chi connectivity index (χ2v) is 3.77. The third kappa shape index (κ3) is 2.15. The molecule has 0 saturated carbocycles. The van der Waals surface area contributed by atoms with Gasteiger partial charge in [-0.2, -0.15) is 0 Å². The van der Waals surface area contributed by atoms with Gasteiger partial charge in [-0.15, -0.1) is 0 Å². The predicted octanol–water partition coefficient (Wildman–Crippen LogP) is 3.11. The van der Waals surface area contributed by atoms with Gasteiger partial charge in [0.1, 0.15) is 0 Å². The standard InChI is InChI=1S/C10H8Cl2N2O/c11-7-2-1-6(3-8(7)12)9-5-14-10(4-13)15-9/h1-3,5H,4,13H2. The van der Waals surface area contributed by atoms with E-state index in [2.05, 4.69) is 4.98 Å². The van der Waals surface area contributed by atoms with Crippen molar-refractivity contribution in [3.8, 4) is 11.3 Å². The van der Waals surface area contributed by atoms with E-state index in [0.29, 0.717) is 21.7 Å². The molecule has 0 bridgehead atoms. The van der Waals surface area contributed by atoms with Gasteiger partial charge in [-0.05, 0) is 18.2 Å². The highest BCUT2D eigenvalue weighted by molar-refractivity contribution is 6.42. The van der Waals surface area contributed by atoms with E-state index < -0.39 is 0 Å². The minimum absolute atomic E-state index is 0.279. The normalized spacial score (nSPS) is 10.6. The maximum absolute atomic E-state index is 5.89. The number of hydrogen-bond donors (Lipinski definition) is 1. The van der Waals surface area contributed by atoms with Crippen LogP contribution in [0.15, 0.2) is 28.8 Å². The first kappa shape index (κ1) is 10.5. The van der Waals surface area contributed by atoms with Crippen molar-refractivity contribution >= 4 is 23.2 Å². The Morgan fingerprint density at radius 3 is 2.67 bits per heavy atom. The van der Waals surface area contributed by atoms with Gasteiger partial charge in [-0.25, -0.2) is 4.98 Å². The lowest BCUT2D eigenvalue weighted by molar-refractivity contribution is 0.509. The second-order valence-electron chi connectivity index (χ2n) is 2.95. The molecule has 0 aliphatic rings. The van der Waals surface area contributed by atoms with Crippen LogP contribution < -0.4 is 5.73 Å². The number of rotatable bonds is 2. The molecular weight excluding hydrogens is 235 g/mol. The molecule has 2 aromatic rings. The lowest BCUT2D eigenvalue weighted by atomic mass is 10.2. The van der Waals surface area contributed by atoms with Crippen molar-refractivity contribution < 1.29 is 4.42 Å². The van der Waals surface area contributed by atoms with Crippen LogP contribution in [0.3, 0.4) is 0 Å². The molecule has 2 rings (SSSR count). The maximum Gasteiger partial charge on any atom is 0.208 e. The molecule has 15 heavy (non-hydrogen) atoms. The van der Waals surface area contributed by atoms with Gasteiger partial charge in [0, 0.05) is 5.56 Å². The molecule has 0 fully saturated rings. The number of nitrogens with zero attached hydrogens (tertiary/aromatic N) is 1. The first-order chi connectivity index (χ1) is 7.20. The summed E-state index contributed by atoms with van der Waals surface area (Å²) in [4.78, 5) is 4.00. The first-order valence-corrected chi connectivity index (χ1v) is 5.06. The lowest BCUT2D eigenvalue weighted by Crippen LogP contribution is -1.94. The van der Waals surface area contributed by atoms with Crippen molar-refractivity contribution in [1.82, 2.24) is 4.98 Å². The summed E-state index contributed by atoms with van der Waals surface area (Å²) in [6.45, 7) is 0.279. The van der Waals surface area contributed by atoms with Gasteiger partial charge < -0.3 is 10.2 Å². The number of aromatic nitrogens is 1. The van der Waals surface area contributed by atoms with Gasteiger partial charge >= 0.3 is 0 Å². The monoisotopic (exact) mass is 242 g/mol. The fourth-order valence-electron chi connectivity index (χ4n) is 1.19. The molecule has 0 unspecified atom stereocenters. The van der Waals surface area contributed by atoms with E-state index in [-0.39, 0.29) is 6.54 Å². The third-order valence-electron chi connectivity index (χ3n) is 1.93. The fourth-order valence-corrected chi connectivity index (χ4v) is 1.49. The molecule has 1 heterocycles. The summed E-state index contributed by atoms with van der Waals surface area (Å²) in [6.07, 6.45) is 1.61. The Labute approximate surface area is 96.8 Å². The molecule has 2 N–H and O–H groups in total. The van der Waals surface area contributed by atoms with E-state index in [1.807, 2.05) is 6.07 Å². The summed E-state index contributed by atoms with van der Waals surface area (Å²) >= 11 is 11.7. The molecule has 0 aliphatic heterocycles. The fraction of sp³-hybridized carbons (Fsp3) is 0.100. The Morgan fingerprint density at radius 2 is 2.07 bits per heavy atom.